The highest BCUT2D eigenvalue weighted by Crippen LogP contribution is 2.22. The molecule has 0 aromatic carbocycles. The molecule has 0 saturated carbocycles. The van der Waals surface area contributed by atoms with E-state index in [2.05, 4.69) is 41.3 Å². The monoisotopic (exact) mass is 220 g/mol. The molecule has 2 rings (SSSR count). The van der Waals surface area contributed by atoms with E-state index in [-0.39, 0.29) is 0 Å². The lowest BCUT2D eigenvalue weighted by Gasteiger charge is -2.22. The fraction of sp³-hybridized carbons (Fsp3) is 0.417. The molecule has 2 nitrogen and oxygen atoms in total. The molecule has 0 N–H and O–H groups in total. The molecule has 0 atom stereocenters. The van der Waals surface area contributed by atoms with Crippen molar-refractivity contribution in [3.8, 4) is 0 Å². The van der Waals surface area contributed by atoms with Crippen molar-refractivity contribution in [3.63, 3.8) is 0 Å². The highest BCUT2D eigenvalue weighted by molar-refractivity contribution is 7.10. The minimum atomic E-state index is 0.974. The topological polar surface area (TPSA) is 15.6 Å². The van der Waals surface area contributed by atoms with Crippen molar-refractivity contribution in [2.24, 2.45) is 4.99 Å². The Bertz CT molecular complexity index is 386. The predicted octanol–water partition coefficient (Wildman–Crippen LogP) is 3.02. The first-order valence-electron chi connectivity index (χ1n) is 5.39. The third kappa shape index (κ3) is 2.12. The van der Waals surface area contributed by atoms with Crippen LogP contribution < -0.4 is 0 Å². The third-order valence-corrected chi connectivity index (χ3v) is 3.64. The molecule has 2 heterocycles. The smallest absolute Gasteiger partial charge is 0.109 e. The minimum absolute atomic E-state index is 0.974. The van der Waals surface area contributed by atoms with Gasteiger partial charge in [0.05, 0.1) is 0 Å². The van der Waals surface area contributed by atoms with Crippen molar-refractivity contribution in [2.75, 3.05) is 13.1 Å². The van der Waals surface area contributed by atoms with Crippen LogP contribution in [0.2, 0.25) is 0 Å². The molecule has 0 spiro atoms. The second kappa shape index (κ2) is 4.62. The highest BCUT2D eigenvalue weighted by Gasteiger charge is 2.12. The molecule has 80 valence electrons. The first-order chi connectivity index (χ1) is 7.35. The van der Waals surface area contributed by atoms with Crippen molar-refractivity contribution in [2.45, 2.75) is 20.3 Å². The number of thiophene rings is 1. The van der Waals surface area contributed by atoms with Crippen LogP contribution in [0.15, 0.2) is 22.6 Å². The molecule has 0 saturated heterocycles. The number of nitrogens with zero attached hydrogens (tertiary/aromatic N) is 2. The molecule has 0 unspecified atom stereocenters. The van der Waals surface area contributed by atoms with Gasteiger partial charge in [0.25, 0.3) is 0 Å². The Balaban J connectivity index is 2.24. The van der Waals surface area contributed by atoms with E-state index in [0.29, 0.717) is 0 Å². The van der Waals surface area contributed by atoms with Crippen molar-refractivity contribution in [1.29, 1.82) is 0 Å². The van der Waals surface area contributed by atoms with E-state index >= 15 is 0 Å². The summed E-state index contributed by atoms with van der Waals surface area (Å²) in [5.74, 6) is 1.19. The van der Waals surface area contributed by atoms with Gasteiger partial charge in [-0.3, -0.25) is 0 Å². The Morgan fingerprint density at radius 3 is 2.93 bits per heavy atom. The van der Waals surface area contributed by atoms with Crippen molar-refractivity contribution in [1.82, 2.24) is 4.90 Å². The largest absolute Gasteiger partial charge is 0.360 e. The molecule has 0 amide bonds. The lowest BCUT2D eigenvalue weighted by atomic mass is 10.2. The zero-order valence-electron chi connectivity index (χ0n) is 9.23. The minimum Gasteiger partial charge on any atom is -0.360 e. The van der Waals surface area contributed by atoms with Gasteiger partial charge in [-0.2, -0.15) is 0 Å². The third-order valence-electron chi connectivity index (χ3n) is 2.70. The van der Waals surface area contributed by atoms with Crippen LogP contribution >= 0.6 is 11.3 Å². The van der Waals surface area contributed by atoms with Gasteiger partial charge in [0.1, 0.15) is 5.84 Å². The Labute approximate surface area is 95.0 Å². The molecular weight excluding hydrogens is 204 g/mol. The fourth-order valence-electron chi connectivity index (χ4n) is 1.82. The van der Waals surface area contributed by atoms with Gasteiger partial charge >= 0.3 is 0 Å². The average Bonchev–Trinajstić information content (AvgIpc) is 2.59. The second-order valence-corrected chi connectivity index (χ2v) is 4.51. The van der Waals surface area contributed by atoms with Crippen molar-refractivity contribution < 1.29 is 0 Å². The Morgan fingerprint density at radius 2 is 2.20 bits per heavy atom. The highest BCUT2D eigenvalue weighted by atomic mass is 32.1. The summed E-state index contributed by atoms with van der Waals surface area (Å²) in [6.07, 6.45) is 5.00. The van der Waals surface area contributed by atoms with Crippen LogP contribution in [0.25, 0.3) is 6.08 Å². The summed E-state index contributed by atoms with van der Waals surface area (Å²) in [4.78, 5) is 8.26. The Morgan fingerprint density at radius 1 is 1.40 bits per heavy atom. The number of hydrogen-bond acceptors (Lipinski definition) is 3. The first-order valence-corrected chi connectivity index (χ1v) is 6.27. The zero-order valence-corrected chi connectivity index (χ0v) is 10.0. The van der Waals surface area contributed by atoms with Crippen LogP contribution in [0.5, 0.6) is 0 Å². The molecule has 1 aromatic heterocycles. The van der Waals surface area contributed by atoms with Gasteiger partial charge in [-0.25, -0.2) is 4.99 Å². The summed E-state index contributed by atoms with van der Waals surface area (Å²) in [5, 5.41) is 2.15. The van der Waals surface area contributed by atoms with Gasteiger partial charge in [0.2, 0.25) is 0 Å². The van der Waals surface area contributed by atoms with Gasteiger partial charge in [0.15, 0.2) is 0 Å². The van der Waals surface area contributed by atoms with Gasteiger partial charge < -0.3 is 4.90 Å². The lowest BCUT2D eigenvalue weighted by Crippen LogP contribution is -2.31. The number of likely N-dealkylation sites (N-methyl/N-ethyl adjacent to an activating group) is 1. The second-order valence-electron chi connectivity index (χ2n) is 3.51. The summed E-state index contributed by atoms with van der Waals surface area (Å²) in [6, 6.07) is 2.16. The molecular formula is C12H16N2S. The summed E-state index contributed by atoms with van der Waals surface area (Å²) in [5.41, 5.74) is 1.32. The molecule has 0 fully saturated rings. The normalized spacial score (nSPS) is 14.4. The van der Waals surface area contributed by atoms with Crippen molar-refractivity contribution >= 4 is 23.2 Å². The molecule has 1 aliphatic rings. The number of fused-ring (bicyclic) bond motifs is 1. The molecule has 1 aliphatic heterocycles. The summed E-state index contributed by atoms with van der Waals surface area (Å²) < 4.78 is 0. The number of rotatable bonds is 2. The van der Waals surface area contributed by atoms with Crippen LogP contribution in [0.1, 0.15) is 24.3 Å². The van der Waals surface area contributed by atoms with Crippen LogP contribution in [-0.4, -0.2) is 23.8 Å². The molecule has 1 aromatic rings. The SMILES string of the molecule is CCN(CC)C1=NC=Cc2ccsc2C1. The van der Waals surface area contributed by atoms with E-state index in [1.54, 1.807) is 0 Å². The lowest BCUT2D eigenvalue weighted by molar-refractivity contribution is 0.458. The van der Waals surface area contributed by atoms with E-state index in [1.165, 1.54) is 16.3 Å². The average molecular weight is 220 g/mol. The summed E-state index contributed by atoms with van der Waals surface area (Å²) >= 11 is 1.82. The molecule has 0 radical (unpaired) electrons. The molecule has 0 aliphatic carbocycles. The summed E-state index contributed by atoms with van der Waals surface area (Å²) in [6.45, 7) is 6.42. The number of amidine groups is 1. The van der Waals surface area contributed by atoms with Crippen LogP contribution in [0, 0.1) is 0 Å². The van der Waals surface area contributed by atoms with Crippen molar-refractivity contribution in [3.05, 3.63) is 28.1 Å². The zero-order chi connectivity index (χ0) is 10.7. The maximum Gasteiger partial charge on any atom is 0.109 e. The molecule has 0 bridgehead atoms. The fourth-order valence-corrected chi connectivity index (χ4v) is 2.68. The number of hydrogen-bond donors (Lipinski definition) is 0. The van der Waals surface area contributed by atoms with Gasteiger partial charge in [-0.05, 0) is 36.9 Å². The predicted molar refractivity (Wildman–Crippen MR) is 67.4 cm³/mol. The molecule has 15 heavy (non-hydrogen) atoms. The number of aliphatic imine (C=N–C) groups is 1. The first kappa shape index (κ1) is 10.4. The quantitative estimate of drug-likeness (QED) is 0.748. The maximum absolute atomic E-state index is 4.52. The van der Waals surface area contributed by atoms with Gasteiger partial charge in [-0.1, -0.05) is 0 Å². The van der Waals surface area contributed by atoms with E-state index in [0.717, 1.165) is 19.5 Å². The standard InChI is InChI=1S/C12H16N2S/c1-3-14(4-2)12-9-11-10(5-7-13-12)6-8-15-11/h5-8H,3-4,9H2,1-2H3. The van der Waals surface area contributed by atoms with E-state index in [1.807, 2.05) is 17.5 Å². The van der Waals surface area contributed by atoms with Crippen LogP contribution in [0.3, 0.4) is 0 Å². The van der Waals surface area contributed by atoms with Crippen LogP contribution in [0.4, 0.5) is 0 Å². The van der Waals surface area contributed by atoms with Crippen LogP contribution in [-0.2, 0) is 6.42 Å². The van der Waals surface area contributed by atoms with E-state index in [4.69, 9.17) is 0 Å². The summed E-state index contributed by atoms with van der Waals surface area (Å²) in [7, 11) is 0. The molecule has 3 heteroatoms. The van der Waals surface area contributed by atoms with Gasteiger partial charge in [-0.15, -0.1) is 11.3 Å². The van der Waals surface area contributed by atoms with E-state index in [9.17, 15) is 0 Å². The maximum atomic E-state index is 4.52. The van der Waals surface area contributed by atoms with Gasteiger partial charge in [0, 0.05) is 30.6 Å². The Kier molecular flexibility index (Phi) is 3.21. The van der Waals surface area contributed by atoms with E-state index < -0.39 is 0 Å². The Hall–Kier alpha value is -1.09.